The molecule has 6 heteroatoms. The van der Waals surface area contributed by atoms with E-state index in [4.69, 9.17) is 11.6 Å². The first-order chi connectivity index (χ1) is 11.2. The smallest absolute Gasteiger partial charge is 0.251 e. The lowest BCUT2D eigenvalue weighted by Gasteiger charge is -2.52. The van der Waals surface area contributed by atoms with Gasteiger partial charge in [0.25, 0.3) is 5.91 Å². The number of hydrogen-bond donors (Lipinski definition) is 1. The minimum Gasteiger partial charge on any atom is -0.347 e. The number of hydrogen-bond acceptors (Lipinski definition) is 3. The maximum absolute atomic E-state index is 12.8. The van der Waals surface area contributed by atoms with Crippen LogP contribution in [0.2, 0.25) is 4.34 Å². The Bertz CT molecular complexity index is 793. The van der Waals surface area contributed by atoms with E-state index in [0.717, 1.165) is 20.0 Å². The van der Waals surface area contributed by atoms with E-state index in [1.54, 1.807) is 0 Å². The van der Waals surface area contributed by atoms with Gasteiger partial charge in [-0.2, -0.15) is 0 Å². The summed E-state index contributed by atoms with van der Waals surface area (Å²) in [5.41, 5.74) is 1.04. The van der Waals surface area contributed by atoms with Crippen molar-refractivity contribution in [2.45, 2.75) is 37.3 Å². The van der Waals surface area contributed by atoms with Gasteiger partial charge in [-0.25, -0.2) is 0 Å². The Morgan fingerprint density at radius 3 is 2.71 bits per heavy atom. The summed E-state index contributed by atoms with van der Waals surface area (Å²) in [6.07, 6.45) is 4.94. The quantitative estimate of drug-likeness (QED) is 0.837. The van der Waals surface area contributed by atoms with E-state index in [0.29, 0.717) is 12.0 Å². The van der Waals surface area contributed by atoms with Gasteiger partial charge in [0.05, 0.1) is 10.4 Å². The summed E-state index contributed by atoms with van der Waals surface area (Å²) in [5, 5.41) is 4.49. The van der Waals surface area contributed by atoms with Crippen molar-refractivity contribution in [2.24, 2.45) is 5.92 Å². The number of carbonyl (C=O) groups is 1. The van der Waals surface area contributed by atoms with E-state index < -0.39 is 0 Å². The highest BCUT2D eigenvalue weighted by molar-refractivity contribution is 7.22. The molecule has 1 amide bonds. The summed E-state index contributed by atoms with van der Waals surface area (Å²) in [4.78, 5) is 15.4. The summed E-state index contributed by atoms with van der Waals surface area (Å²) >= 11 is 7.60. The number of rotatable bonds is 2. The van der Waals surface area contributed by atoms with E-state index in [-0.39, 0.29) is 23.9 Å². The summed E-state index contributed by atoms with van der Waals surface area (Å²) in [6.45, 7) is 2.44. The first-order valence-corrected chi connectivity index (χ1v) is 9.60. The Hall–Kier alpha value is -0.810. The molecule has 3 aliphatic heterocycles. The van der Waals surface area contributed by atoms with Crippen LogP contribution in [-0.2, 0) is 0 Å². The number of amides is 1. The van der Waals surface area contributed by atoms with Gasteiger partial charge in [0.1, 0.15) is 0 Å². The lowest BCUT2D eigenvalue weighted by Crippen LogP contribution is -2.65. The van der Waals surface area contributed by atoms with Crippen LogP contribution in [0.15, 0.2) is 24.3 Å². The van der Waals surface area contributed by atoms with Gasteiger partial charge < -0.3 is 5.32 Å². The van der Waals surface area contributed by atoms with Crippen molar-refractivity contribution >= 4 is 51.3 Å². The fourth-order valence-corrected chi connectivity index (χ4v) is 5.88. The Morgan fingerprint density at radius 1 is 1.25 bits per heavy atom. The van der Waals surface area contributed by atoms with Crippen LogP contribution in [0.25, 0.3) is 10.1 Å². The summed E-state index contributed by atoms with van der Waals surface area (Å²) < 4.78 is 1.85. The zero-order valence-corrected chi connectivity index (χ0v) is 15.6. The Labute approximate surface area is 156 Å². The van der Waals surface area contributed by atoms with Crippen molar-refractivity contribution in [3.8, 4) is 0 Å². The van der Waals surface area contributed by atoms with Crippen LogP contribution in [0.3, 0.4) is 0 Å². The van der Waals surface area contributed by atoms with Gasteiger partial charge in [0.15, 0.2) is 0 Å². The SMILES string of the molecule is Cl.O=C(N[C@@H]1C2CCN(CC2)C12CC2)c1ccc2cc(Cl)sc2c1. The van der Waals surface area contributed by atoms with Gasteiger partial charge in [-0.1, -0.05) is 17.7 Å². The molecular formula is C18H20Cl2N2OS. The van der Waals surface area contributed by atoms with Crippen LogP contribution in [0, 0.1) is 5.92 Å². The molecule has 1 N–H and O–H groups in total. The van der Waals surface area contributed by atoms with E-state index >= 15 is 0 Å². The number of benzene rings is 1. The fraction of sp³-hybridized carbons (Fsp3) is 0.500. The van der Waals surface area contributed by atoms with Crippen molar-refractivity contribution < 1.29 is 4.79 Å². The van der Waals surface area contributed by atoms with Gasteiger partial charge in [0.2, 0.25) is 0 Å². The van der Waals surface area contributed by atoms with Crippen molar-refractivity contribution in [2.75, 3.05) is 13.1 Å². The Balaban J connectivity index is 0.00000146. The topological polar surface area (TPSA) is 32.3 Å². The molecule has 2 bridgehead atoms. The zero-order chi connectivity index (χ0) is 15.6. The maximum Gasteiger partial charge on any atom is 0.251 e. The third-order valence-electron chi connectivity index (χ3n) is 6.02. The molecular weight excluding hydrogens is 363 g/mol. The number of halogens is 2. The highest BCUT2D eigenvalue weighted by atomic mass is 35.5. The number of fused-ring (bicyclic) bond motifs is 3. The second-order valence-electron chi connectivity index (χ2n) is 7.18. The highest BCUT2D eigenvalue weighted by Crippen LogP contribution is 2.53. The second-order valence-corrected chi connectivity index (χ2v) is 8.90. The van der Waals surface area contributed by atoms with Crippen LogP contribution in [-0.4, -0.2) is 35.5 Å². The molecule has 128 valence electrons. The molecule has 4 fully saturated rings. The Morgan fingerprint density at radius 2 is 2.00 bits per heavy atom. The largest absolute Gasteiger partial charge is 0.347 e. The monoisotopic (exact) mass is 382 g/mol. The molecule has 4 heterocycles. The minimum atomic E-state index is 0. The normalized spacial score (nSPS) is 29.5. The fourth-order valence-electron chi connectivity index (χ4n) is 4.69. The third-order valence-corrected chi connectivity index (χ3v) is 7.25. The summed E-state index contributed by atoms with van der Waals surface area (Å²) in [6, 6.07) is 8.18. The van der Waals surface area contributed by atoms with E-state index in [1.165, 1.54) is 50.1 Å². The maximum atomic E-state index is 12.8. The van der Waals surface area contributed by atoms with E-state index in [9.17, 15) is 4.79 Å². The average molecular weight is 383 g/mol. The van der Waals surface area contributed by atoms with Crippen molar-refractivity contribution in [3.63, 3.8) is 0 Å². The first kappa shape index (κ1) is 16.6. The molecule has 1 atom stereocenters. The molecule has 0 radical (unpaired) electrons. The van der Waals surface area contributed by atoms with Crippen LogP contribution in [0.4, 0.5) is 0 Å². The molecule has 1 aliphatic carbocycles. The predicted octanol–water partition coefficient (Wildman–Crippen LogP) is 4.33. The molecule has 24 heavy (non-hydrogen) atoms. The minimum absolute atomic E-state index is 0. The van der Waals surface area contributed by atoms with Gasteiger partial charge in [-0.05, 0) is 68.3 Å². The van der Waals surface area contributed by atoms with Crippen LogP contribution >= 0.6 is 35.3 Å². The standard InChI is InChI=1S/C18H19ClN2OS.ClH/c19-15-10-12-1-2-13(9-14(12)23-15)17(22)20-16-11-3-7-21(8-4-11)18(16)5-6-18;/h1-2,9-11,16H,3-8H2,(H,20,22);1H/t16-;/m1./s1. The number of carbonyl (C=O) groups excluding carboxylic acids is 1. The molecule has 2 aromatic rings. The van der Waals surface area contributed by atoms with Crippen molar-refractivity contribution in [3.05, 3.63) is 34.2 Å². The van der Waals surface area contributed by atoms with Crippen LogP contribution in [0.5, 0.6) is 0 Å². The molecule has 1 spiro atoms. The third kappa shape index (κ3) is 2.47. The van der Waals surface area contributed by atoms with Gasteiger partial charge >= 0.3 is 0 Å². The number of nitrogens with zero attached hydrogens (tertiary/aromatic N) is 1. The average Bonchev–Trinajstić information content (AvgIpc) is 3.24. The number of nitrogens with one attached hydrogen (secondary N) is 1. The second kappa shape index (κ2) is 5.87. The molecule has 4 aliphatic rings. The van der Waals surface area contributed by atoms with Crippen molar-refractivity contribution in [1.82, 2.24) is 10.2 Å². The number of thiophene rings is 1. The molecule has 6 rings (SSSR count). The van der Waals surface area contributed by atoms with Crippen LogP contribution in [0.1, 0.15) is 36.0 Å². The summed E-state index contributed by atoms with van der Waals surface area (Å²) in [7, 11) is 0. The Kier molecular flexibility index (Phi) is 4.07. The first-order valence-electron chi connectivity index (χ1n) is 8.41. The lowest BCUT2D eigenvalue weighted by molar-refractivity contribution is -0.00144. The molecule has 3 nitrogen and oxygen atoms in total. The molecule has 1 saturated carbocycles. The van der Waals surface area contributed by atoms with Gasteiger partial charge in [0, 0.05) is 15.8 Å². The number of piperidine rings is 3. The molecule has 3 saturated heterocycles. The molecule has 0 unspecified atom stereocenters. The highest BCUT2D eigenvalue weighted by Gasteiger charge is 2.60. The lowest BCUT2D eigenvalue weighted by atomic mass is 9.77. The van der Waals surface area contributed by atoms with Gasteiger partial charge in [-0.3, -0.25) is 9.69 Å². The van der Waals surface area contributed by atoms with E-state index in [1.807, 2.05) is 24.3 Å². The van der Waals surface area contributed by atoms with Crippen molar-refractivity contribution in [1.29, 1.82) is 0 Å². The summed E-state index contributed by atoms with van der Waals surface area (Å²) in [5.74, 6) is 0.729. The zero-order valence-electron chi connectivity index (χ0n) is 13.3. The molecule has 1 aromatic carbocycles. The molecule has 1 aromatic heterocycles. The van der Waals surface area contributed by atoms with Crippen LogP contribution < -0.4 is 5.32 Å². The predicted molar refractivity (Wildman–Crippen MR) is 102 cm³/mol. The van der Waals surface area contributed by atoms with Gasteiger partial charge in [-0.15, -0.1) is 23.7 Å². The van der Waals surface area contributed by atoms with E-state index in [2.05, 4.69) is 10.2 Å².